The summed E-state index contributed by atoms with van der Waals surface area (Å²) < 4.78 is 30.4. The van der Waals surface area contributed by atoms with E-state index in [0.717, 1.165) is 29.9 Å². The van der Waals surface area contributed by atoms with Crippen molar-refractivity contribution in [3.8, 4) is 0 Å². The van der Waals surface area contributed by atoms with Crippen molar-refractivity contribution in [3.63, 3.8) is 0 Å². The van der Waals surface area contributed by atoms with Crippen molar-refractivity contribution in [3.05, 3.63) is 59.9 Å². The number of aromatic nitrogens is 1. The van der Waals surface area contributed by atoms with Crippen molar-refractivity contribution >= 4 is 15.9 Å². The molecular weight excluding hydrogens is 436 g/mol. The van der Waals surface area contributed by atoms with E-state index in [1.807, 2.05) is 24.3 Å². The van der Waals surface area contributed by atoms with Crippen molar-refractivity contribution in [2.75, 3.05) is 17.8 Å². The average Bonchev–Trinajstić information content (AvgIpc) is 3.41. The Morgan fingerprint density at radius 3 is 2.58 bits per heavy atom. The number of benzene rings is 1. The molecule has 2 fully saturated rings. The first-order valence-electron chi connectivity index (χ1n) is 11.9. The van der Waals surface area contributed by atoms with E-state index in [2.05, 4.69) is 33.6 Å². The number of aliphatic hydroxyl groups excluding tert-OH is 1. The van der Waals surface area contributed by atoms with Crippen LogP contribution in [0.15, 0.2) is 48.8 Å². The van der Waals surface area contributed by atoms with Crippen molar-refractivity contribution in [1.82, 2.24) is 15.0 Å². The van der Waals surface area contributed by atoms with Crippen LogP contribution in [-0.4, -0.2) is 37.1 Å². The molecule has 0 saturated heterocycles. The average molecular weight is 473 g/mol. The summed E-state index contributed by atoms with van der Waals surface area (Å²) in [7, 11) is -3.58. The summed E-state index contributed by atoms with van der Waals surface area (Å²) in [6.07, 6.45) is 8.47. The summed E-state index contributed by atoms with van der Waals surface area (Å²) in [4.78, 5) is 4.05. The third kappa shape index (κ3) is 6.76. The van der Waals surface area contributed by atoms with Gasteiger partial charge in [0, 0.05) is 42.3 Å². The van der Waals surface area contributed by atoms with Crippen LogP contribution in [0.3, 0.4) is 0 Å². The number of aliphatic hydroxyl groups is 1. The maximum absolute atomic E-state index is 12.5. The van der Waals surface area contributed by atoms with E-state index < -0.39 is 16.3 Å². The Bertz CT molecular complexity index is 1010. The van der Waals surface area contributed by atoms with Gasteiger partial charge in [-0.25, -0.2) is 0 Å². The molecule has 1 heterocycles. The summed E-state index contributed by atoms with van der Waals surface area (Å²) in [6, 6.07) is 11.1. The summed E-state index contributed by atoms with van der Waals surface area (Å²) in [6.45, 7) is 5.11. The van der Waals surface area contributed by atoms with E-state index in [1.165, 1.54) is 19.3 Å². The Labute approximate surface area is 197 Å². The summed E-state index contributed by atoms with van der Waals surface area (Å²) in [5, 5.41) is 13.8. The lowest BCUT2D eigenvalue weighted by Gasteiger charge is -2.28. The van der Waals surface area contributed by atoms with Gasteiger partial charge in [-0.05, 0) is 81.0 Å². The van der Waals surface area contributed by atoms with Crippen LogP contribution in [-0.2, 0) is 16.6 Å². The van der Waals surface area contributed by atoms with Crippen LogP contribution in [0.5, 0.6) is 0 Å². The van der Waals surface area contributed by atoms with E-state index in [1.54, 1.807) is 24.5 Å². The SMILES string of the molecule is CC(C)(Cc1ccc(NS(=O)(=O)NC[C@H]2C[C@H]3CC[C@@H]2C3)cc1)NC[C@H](O)c1cccnc1. The van der Waals surface area contributed by atoms with Gasteiger partial charge >= 0.3 is 0 Å². The van der Waals surface area contributed by atoms with Gasteiger partial charge in [-0.2, -0.15) is 13.1 Å². The summed E-state index contributed by atoms with van der Waals surface area (Å²) in [5.41, 5.74) is 2.18. The van der Waals surface area contributed by atoms with Crippen LogP contribution >= 0.6 is 0 Å². The Morgan fingerprint density at radius 1 is 1.15 bits per heavy atom. The van der Waals surface area contributed by atoms with Gasteiger partial charge in [0.15, 0.2) is 0 Å². The second kappa shape index (κ2) is 10.1. The predicted molar refractivity (Wildman–Crippen MR) is 131 cm³/mol. The molecule has 180 valence electrons. The largest absolute Gasteiger partial charge is 0.387 e. The lowest BCUT2D eigenvalue weighted by Crippen LogP contribution is -2.43. The highest BCUT2D eigenvalue weighted by Crippen LogP contribution is 2.47. The third-order valence-corrected chi connectivity index (χ3v) is 8.17. The molecule has 0 radical (unpaired) electrons. The number of fused-ring (bicyclic) bond motifs is 2. The zero-order valence-electron chi connectivity index (χ0n) is 19.5. The zero-order valence-corrected chi connectivity index (χ0v) is 20.3. The molecule has 1 aromatic carbocycles. The molecule has 4 atom stereocenters. The molecule has 33 heavy (non-hydrogen) atoms. The van der Waals surface area contributed by atoms with E-state index in [-0.39, 0.29) is 5.54 Å². The summed E-state index contributed by atoms with van der Waals surface area (Å²) in [5.74, 6) is 1.98. The molecular formula is C25H36N4O3S. The molecule has 2 aliphatic carbocycles. The smallest absolute Gasteiger partial charge is 0.299 e. The normalized spacial score (nSPS) is 23.5. The number of nitrogens with one attached hydrogen (secondary N) is 3. The molecule has 8 heteroatoms. The van der Waals surface area contributed by atoms with Crippen LogP contribution in [0.4, 0.5) is 5.69 Å². The fourth-order valence-corrected chi connectivity index (χ4v) is 6.31. The first kappa shape index (κ1) is 24.1. The molecule has 0 amide bonds. The molecule has 2 aliphatic rings. The number of hydrogen-bond donors (Lipinski definition) is 4. The Kier molecular flexibility index (Phi) is 7.38. The Hall–Kier alpha value is -2.00. The fraction of sp³-hybridized carbons (Fsp3) is 0.560. The van der Waals surface area contributed by atoms with Gasteiger partial charge in [0.2, 0.25) is 0 Å². The summed E-state index contributed by atoms with van der Waals surface area (Å²) >= 11 is 0. The first-order valence-corrected chi connectivity index (χ1v) is 13.4. The molecule has 2 bridgehead atoms. The van der Waals surface area contributed by atoms with E-state index in [0.29, 0.717) is 30.6 Å². The molecule has 4 rings (SSSR count). The second-order valence-electron chi connectivity index (χ2n) is 10.3. The number of nitrogens with zero attached hydrogens (tertiary/aromatic N) is 1. The molecule has 7 nitrogen and oxygen atoms in total. The number of β-amino-alcohol motifs (C(OH)–C–C–N with tert-alkyl or cyclic N) is 1. The molecule has 1 aromatic heterocycles. The second-order valence-corrected chi connectivity index (χ2v) is 11.8. The van der Waals surface area contributed by atoms with Crippen LogP contribution in [0.25, 0.3) is 0 Å². The zero-order chi connectivity index (χ0) is 23.5. The standard InChI is InChI=1S/C25H36N4O3S/c1-25(2,27-17-24(30)21-4-3-11-26-15-21)14-18-6-9-23(10-7-18)29-33(31,32)28-16-22-13-19-5-8-20(22)12-19/h3-4,6-7,9-11,15,19-20,22,24,27-30H,5,8,12-14,16-17H2,1-2H3/t19-,20+,22+,24-/m0/s1. The molecule has 0 spiro atoms. The molecule has 0 aliphatic heterocycles. The van der Waals surface area contributed by atoms with Crippen LogP contribution in [0.1, 0.15) is 56.8 Å². The highest BCUT2D eigenvalue weighted by molar-refractivity contribution is 7.90. The van der Waals surface area contributed by atoms with E-state index in [9.17, 15) is 13.5 Å². The fourth-order valence-electron chi connectivity index (χ4n) is 5.36. The quantitative estimate of drug-likeness (QED) is 0.401. The lowest BCUT2D eigenvalue weighted by atomic mass is 9.89. The lowest BCUT2D eigenvalue weighted by molar-refractivity contribution is 0.160. The maximum Gasteiger partial charge on any atom is 0.299 e. The van der Waals surface area contributed by atoms with Crippen molar-refractivity contribution in [2.45, 2.75) is 57.6 Å². The highest BCUT2D eigenvalue weighted by atomic mass is 32.2. The monoisotopic (exact) mass is 472 g/mol. The van der Waals surface area contributed by atoms with Gasteiger partial charge in [0.25, 0.3) is 10.2 Å². The third-order valence-electron chi connectivity index (χ3n) is 7.12. The Balaban J connectivity index is 1.24. The number of rotatable bonds is 11. The van der Waals surface area contributed by atoms with E-state index >= 15 is 0 Å². The predicted octanol–water partition coefficient (Wildman–Crippen LogP) is 3.41. The van der Waals surface area contributed by atoms with Crippen LogP contribution in [0.2, 0.25) is 0 Å². The first-order chi connectivity index (χ1) is 15.7. The van der Waals surface area contributed by atoms with Gasteiger partial charge in [-0.1, -0.05) is 24.6 Å². The van der Waals surface area contributed by atoms with E-state index in [4.69, 9.17) is 0 Å². The van der Waals surface area contributed by atoms with Crippen molar-refractivity contribution < 1.29 is 13.5 Å². The van der Waals surface area contributed by atoms with Crippen molar-refractivity contribution in [1.29, 1.82) is 0 Å². The number of anilines is 1. The molecule has 0 unspecified atom stereocenters. The van der Waals surface area contributed by atoms with Gasteiger partial charge in [0.1, 0.15) is 0 Å². The molecule has 2 aromatic rings. The minimum absolute atomic E-state index is 0.244. The minimum atomic E-state index is -3.58. The molecule has 2 saturated carbocycles. The minimum Gasteiger partial charge on any atom is -0.387 e. The van der Waals surface area contributed by atoms with Gasteiger partial charge in [0.05, 0.1) is 6.10 Å². The topological polar surface area (TPSA) is 103 Å². The van der Waals surface area contributed by atoms with Gasteiger partial charge in [-0.15, -0.1) is 0 Å². The van der Waals surface area contributed by atoms with Crippen LogP contribution < -0.4 is 14.8 Å². The number of hydrogen-bond acceptors (Lipinski definition) is 5. The highest BCUT2D eigenvalue weighted by Gasteiger charge is 2.39. The Morgan fingerprint density at radius 2 is 1.94 bits per heavy atom. The van der Waals surface area contributed by atoms with Gasteiger partial charge in [-0.3, -0.25) is 9.71 Å². The van der Waals surface area contributed by atoms with Crippen molar-refractivity contribution in [2.24, 2.45) is 17.8 Å². The number of pyridine rings is 1. The van der Waals surface area contributed by atoms with Crippen LogP contribution in [0, 0.1) is 17.8 Å². The molecule has 4 N–H and O–H groups in total. The van der Waals surface area contributed by atoms with Gasteiger partial charge < -0.3 is 10.4 Å². The maximum atomic E-state index is 12.5.